The molecule has 0 aliphatic carbocycles. The van der Waals surface area contributed by atoms with Crippen molar-refractivity contribution in [2.45, 2.75) is 11.8 Å². The lowest BCUT2D eigenvalue weighted by atomic mass is 9.81. The lowest BCUT2D eigenvalue weighted by Gasteiger charge is -2.29. The number of methoxy groups -OCH3 is 1. The zero-order chi connectivity index (χ0) is 20.6. The quantitative estimate of drug-likeness (QED) is 0.717. The summed E-state index contributed by atoms with van der Waals surface area (Å²) in [6.45, 7) is 0. The molecule has 3 N–H and O–H groups in total. The second kappa shape index (κ2) is 7.31. The molecule has 0 bridgehead atoms. The molecular formula is C23H22FN3O2. The van der Waals surface area contributed by atoms with Crippen LogP contribution in [0.25, 0.3) is 11.1 Å². The summed E-state index contributed by atoms with van der Waals surface area (Å²) in [7, 11) is 3.21. The number of likely N-dealkylation sites (N-methyl/N-ethyl adjacent to an activating group) is 1. The maximum atomic E-state index is 14.8. The van der Waals surface area contributed by atoms with E-state index in [0.29, 0.717) is 22.4 Å². The Morgan fingerprint density at radius 1 is 1.03 bits per heavy atom. The molecule has 148 valence electrons. The molecule has 0 spiro atoms. The minimum atomic E-state index is -1.20. The number of rotatable bonds is 4. The molecule has 6 heteroatoms. The van der Waals surface area contributed by atoms with Crippen LogP contribution in [0.5, 0.6) is 5.75 Å². The number of benzene rings is 3. The van der Waals surface area contributed by atoms with E-state index in [4.69, 9.17) is 10.5 Å². The summed E-state index contributed by atoms with van der Waals surface area (Å²) >= 11 is 0. The van der Waals surface area contributed by atoms with Crippen LogP contribution >= 0.6 is 0 Å². The average Bonchev–Trinajstić information content (AvgIpc) is 2.99. The third kappa shape index (κ3) is 3.06. The molecule has 5 nitrogen and oxygen atoms in total. The molecule has 2 atom stereocenters. The molecule has 1 aliphatic heterocycles. The van der Waals surface area contributed by atoms with E-state index in [0.717, 1.165) is 5.56 Å². The van der Waals surface area contributed by atoms with Gasteiger partial charge in [0.05, 0.1) is 7.11 Å². The van der Waals surface area contributed by atoms with Crippen LogP contribution in [0.3, 0.4) is 0 Å². The molecular weight excluding hydrogens is 369 g/mol. The SMILES string of the molecule is COc1cccc(-c2cc(C3(c4ccccc4)NC(N)N(C)C3=O)ccc2F)c1. The van der Waals surface area contributed by atoms with Crippen molar-refractivity contribution in [2.75, 3.05) is 14.2 Å². The molecule has 0 saturated carbocycles. The Kier molecular flexibility index (Phi) is 4.82. The van der Waals surface area contributed by atoms with E-state index < -0.39 is 11.8 Å². The lowest BCUT2D eigenvalue weighted by Crippen LogP contribution is -2.48. The van der Waals surface area contributed by atoms with Crippen LogP contribution in [0, 0.1) is 5.82 Å². The largest absolute Gasteiger partial charge is 0.497 e. The number of hydrogen-bond donors (Lipinski definition) is 2. The predicted octanol–water partition coefficient (Wildman–Crippen LogP) is 3.05. The van der Waals surface area contributed by atoms with Crippen molar-refractivity contribution in [1.29, 1.82) is 0 Å². The second-order valence-electron chi connectivity index (χ2n) is 7.05. The van der Waals surface area contributed by atoms with Gasteiger partial charge >= 0.3 is 0 Å². The maximum Gasteiger partial charge on any atom is 0.254 e. The highest BCUT2D eigenvalue weighted by Gasteiger charge is 2.51. The number of nitrogens with two attached hydrogens (primary N) is 1. The van der Waals surface area contributed by atoms with E-state index in [1.54, 1.807) is 44.5 Å². The van der Waals surface area contributed by atoms with E-state index >= 15 is 0 Å². The van der Waals surface area contributed by atoms with Gasteiger partial charge in [0, 0.05) is 12.6 Å². The summed E-state index contributed by atoms with van der Waals surface area (Å²) < 4.78 is 20.0. The lowest BCUT2D eigenvalue weighted by molar-refractivity contribution is -0.131. The van der Waals surface area contributed by atoms with Crippen molar-refractivity contribution < 1.29 is 13.9 Å². The first kappa shape index (κ1) is 19.1. The van der Waals surface area contributed by atoms with E-state index in [1.165, 1.54) is 11.0 Å². The fraction of sp³-hybridized carbons (Fsp3) is 0.174. The average molecular weight is 391 g/mol. The van der Waals surface area contributed by atoms with Gasteiger partial charge in [0.25, 0.3) is 5.91 Å². The highest BCUT2D eigenvalue weighted by molar-refractivity contribution is 5.94. The minimum Gasteiger partial charge on any atom is -0.497 e. The molecule has 1 saturated heterocycles. The van der Waals surface area contributed by atoms with Gasteiger partial charge in [-0.15, -0.1) is 0 Å². The molecule has 0 radical (unpaired) electrons. The summed E-state index contributed by atoms with van der Waals surface area (Å²) in [5.41, 5.74) is 7.35. The number of amides is 1. The Morgan fingerprint density at radius 2 is 1.79 bits per heavy atom. The molecule has 1 aliphatic rings. The number of carbonyl (C=O) groups excluding carboxylic acids is 1. The standard InChI is InChI=1S/C23H22FN3O2/c1-27-21(28)23(26-22(27)25,16-8-4-3-5-9-16)17-11-12-20(24)19(14-17)15-7-6-10-18(13-15)29-2/h3-14,22,26H,25H2,1-2H3. The topological polar surface area (TPSA) is 67.6 Å². The minimum absolute atomic E-state index is 0.195. The van der Waals surface area contributed by atoms with Crippen LogP contribution in [0.15, 0.2) is 72.8 Å². The van der Waals surface area contributed by atoms with E-state index in [-0.39, 0.29) is 11.7 Å². The molecule has 29 heavy (non-hydrogen) atoms. The monoisotopic (exact) mass is 391 g/mol. The maximum absolute atomic E-state index is 14.8. The van der Waals surface area contributed by atoms with Crippen molar-refractivity contribution in [3.63, 3.8) is 0 Å². The smallest absolute Gasteiger partial charge is 0.254 e. The van der Waals surface area contributed by atoms with Gasteiger partial charge in [-0.25, -0.2) is 4.39 Å². The number of nitrogens with zero attached hydrogens (tertiary/aromatic N) is 1. The number of ether oxygens (including phenoxy) is 1. The van der Waals surface area contributed by atoms with Crippen LogP contribution in [-0.2, 0) is 10.3 Å². The summed E-state index contributed by atoms with van der Waals surface area (Å²) in [5, 5.41) is 3.23. The Balaban J connectivity index is 1.92. The van der Waals surface area contributed by atoms with Crippen LogP contribution in [0.4, 0.5) is 4.39 Å². The Bertz CT molecular complexity index is 1060. The van der Waals surface area contributed by atoms with Crippen molar-refractivity contribution in [3.8, 4) is 16.9 Å². The van der Waals surface area contributed by atoms with Gasteiger partial charge in [-0.2, -0.15) is 0 Å². The summed E-state index contributed by atoms with van der Waals surface area (Å²) in [6.07, 6.45) is -0.659. The van der Waals surface area contributed by atoms with Gasteiger partial charge in [-0.1, -0.05) is 48.5 Å². The highest BCUT2D eigenvalue weighted by atomic mass is 19.1. The van der Waals surface area contributed by atoms with Crippen molar-refractivity contribution in [1.82, 2.24) is 10.2 Å². The van der Waals surface area contributed by atoms with E-state index in [9.17, 15) is 9.18 Å². The van der Waals surface area contributed by atoms with Crippen LogP contribution in [0.1, 0.15) is 11.1 Å². The molecule has 3 aromatic carbocycles. The van der Waals surface area contributed by atoms with Gasteiger partial charge in [0.1, 0.15) is 17.9 Å². The molecule has 0 aromatic heterocycles. The van der Waals surface area contributed by atoms with Crippen LogP contribution < -0.4 is 15.8 Å². The van der Waals surface area contributed by atoms with E-state index in [1.807, 2.05) is 36.4 Å². The van der Waals surface area contributed by atoms with Gasteiger partial charge < -0.3 is 9.64 Å². The molecule has 4 rings (SSSR count). The first-order valence-corrected chi connectivity index (χ1v) is 9.28. The molecule has 1 heterocycles. The fourth-order valence-electron chi connectivity index (χ4n) is 3.81. The third-order valence-electron chi connectivity index (χ3n) is 5.41. The van der Waals surface area contributed by atoms with Crippen LogP contribution in [0.2, 0.25) is 0 Å². The third-order valence-corrected chi connectivity index (χ3v) is 5.41. The van der Waals surface area contributed by atoms with Crippen molar-refractivity contribution in [3.05, 3.63) is 89.7 Å². The van der Waals surface area contributed by atoms with Gasteiger partial charge in [0.2, 0.25) is 0 Å². The highest BCUT2D eigenvalue weighted by Crippen LogP contribution is 2.38. The zero-order valence-electron chi connectivity index (χ0n) is 16.2. The summed E-state index contributed by atoms with van der Waals surface area (Å²) in [6, 6.07) is 21.2. The fourth-order valence-corrected chi connectivity index (χ4v) is 3.81. The first-order chi connectivity index (χ1) is 14.0. The van der Waals surface area contributed by atoms with Gasteiger partial charge in [-0.05, 0) is 41.0 Å². The van der Waals surface area contributed by atoms with Crippen molar-refractivity contribution >= 4 is 5.91 Å². The second-order valence-corrected chi connectivity index (χ2v) is 7.05. The van der Waals surface area contributed by atoms with Crippen LogP contribution in [-0.4, -0.2) is 31.3 Å². The van der Waals surface area contributed by atoms with E-state index in [2.05, 4.69) is 5.32 Å². The molecule has 1 amide bonds. The number of carbonyl (C=O) groups is 1. The number of hydrogen-bond acceptors (Lipinski definition) is 4. The Hall–Kier alpha value is -3.22. The van der Waals surface area contributed by atoms with Gasteiger partial charge in [0.15, 0.2) is 5.54 Å². The Morgan fingerprint density at radius 3 is 2.45 bits per heavy atom. The zero-order valence-corrected chi connectivity index (χ0v) is 16.2. The molecule has 2 unspecified atom stereocenters. The molecule has 3 aromatic rings. The van der Waals surface area contributed by atoms with Crippen molar-refractivity contribution in [2.24, 2.45) is 5.73 Å². The molecule has 1 fully saturated rings. The number of nitrogens with one attached hydrogen (secondary N) is 1. The first-order valence-electron chi connectivity index (χ1n) is 9.28. The summed E-state index contributed by atoms with van der Waals surface area (Å²) in [4.78, 5) is 14.8. The predicted molar refractivity (Wildman–Crippen MR) is 109 cm³/mol. The normalized spacial score (nSPS) is 21.4. The summed E-state index contributed by atoms with van der Waals surface area (Å²) in [5.74, 6) is 0.0506. The Labute approximate surface area is 168 Å². The number of halogens is 1. The van der Waals surface area contributed by atoms with Gasteiger partial charge in [-0.3, -0.25) is 15.8 Å².